The van der Waals surface area contributed by atoms with Gasteiger partial charge in [0.25, 0.3) is 0 Å². The van der Waals surface area contributed by atoms with E-state index < -0.39 is 0 Å². The SMILES string of the molecule is C/C=C/C=C\C(C)=N. The third-order valence-corrected chi connectivity index (χ3v) is 0.650. The van der Waals surface area contributed by atoms with Crippen molar-refractivity contribution in [2.45, 2.75) is 13.8 Å². The standard InChI is InChI=1S/C7H11N/c1-3-4-5-6-7(2)8/h3-6,8H,1-2H3/b4-3+,6-5-,8-7?. The lowest BCUT2D eigenvalue weighted by Crippen LogP contribution is -1.75. The second-order valence-corrected chi connectivity index (χ2v) is 1.57. The molecule has 1 nitrogen and oxygen atoms in total. The van der Waals surface area contributed by atoms with Gasteiger partial charge in [0.1, 0.15) is 0 Å². The van der Waals surface area contributed by atoms with Gasteiger partial charge in [-0.1, -0.05) is 18.2 Å². The zero-order valence-corrected chi connectivity index (χ0v) is 5.31. The van der Waals surface area contributed by atoms with Gasteiger partial charge in [0.15, 0.2) is 0 Å². The van der Waals surface area contributed by atoms with E-state index in [0.29, 0.717) is 5.71 Å². The Balaban J connectivity index is 3.50. The normalized spacial score (nSPS) is 11.2. The molecule has 0 aliphatic rings. The van der Waals surface area contributed by atoms with Crippen molar-refractivity contribution in [1.29, 1.82) is 5.41 Å². The number of hydrogen-bond donors (Lipinski definition) is 1. The predicted molar refractivity (Wildman–Crippen MR) is 37.4 cm³/mol. The van der Waals surface area contributed by atoms with Gasteiger partial charge < -0.3 is 5.41 Å². The number of rotatable bonds is 2. The van der Waals surface area contributed by atoms with Crippen LogP contribution < -0.4 is 0 Å². The molecule has 0 aliphatic heterocycles. The van der Waals surface area contributed by atoms with Crippen LogP contribution in [0.25, 0.3) is 0 Å². The van der Waals surface area contributed by atoms with Crippen molar-refractivity contribution in [1.82, 2.24) is 0 Å². The fourth-order valence-corrected chi connectivity index (χ4v) is 0.311. The van der Waals surface area contributed by atoms with Crippen LogP contribution in [0.1, 0.15) is 13.8 Å². The van der Waals surface area contributed by atoms with Crippen molar-refractivity contribution in [3.05, 3.63) is 24.3 Å². The zero-order chi connectivity index (χ0) is 6.41. The van der Waals surface area contributed by atoms with Gasteiger partial charge in [-0.15, -0.1) is 0 Å². The first-order valence-electron chi connectivity index (χ1n) is 2.62. The maximum absolute atomic E-state index is 6.95. The van der Waals surface area contributed by atoms with Crippen molar-refractivity contribution in [3.63, 3.8) is 0 Å². The first kappa shape index (κ1) is 7.15. The molecule has 8 heavy (non-hydrogen) atoms. The molecule has 0 amide bonds. The molecule has 1 N–H and O–H groups in total. The van der Waals surface area contributed by atoms with E-state index in [0.717, 1.165) is 0 Å². The molecule has 0 unspecified atom stereocenters. The molecule has 44 valence electrons. The minimum Gasteiger partial charge on any atom is -0.306 e. The molecule has 1 heteroatoms. The molecular formula is C7H11N. The largest absolute Gasteiger partial charge is 0.306 e. The molecule has 0 saturated carbocycles. The Kier molecular flexibility index (Phi) is 3.85. The van der Waals surface area contributed by atoms with E-state index in [2.05, 4.69) is 0 Å². The summed E-state index contributed by atoms with van der Waals surface area (Å²) in [6.45, 7) is 3.70. The first-order chi connectivity index (χ1) is 3.77. The van der Waals surface area contributed by atoms with Crippen LogP contribution in [-0.2, 0) is 0 Å². The molecule has 0 heterocycles. The van der Waals surface area contributed by atoms with Crippen molar-refractivity contribution in [2.24, 2.45) is 0 Å². The van der Waals surface area contributed by atoms with Crippen LogP contribution in [0.3, 0.4) is 0 Å². The van der Waals surface area contributed by atoms with Crippen LogP contribution in [0.15, 0.2) is 24.3 Å². The molecule has 0 atom stereocenters. The summed E-state index contributed by atoms with van der Waals surface area (Å²) in [7, 11) is 0. The smallest absolute Gasteiger partial charge is 0.0282 e. The van der Waals surface area contributed by atoms with Gasteiger partial charge in [-0.2, -0.15) is 0 Å². The number of allylic oxidation sites excluding steroid dienone is 4. The molecule has 0 aromatic carbocycles. The van der Waals surface area contributed by atoms with Gasteiger partial charge in [-0.25, -0.2) is 0 Å². The molecule has 0 rings (SSSR count). The molecule has 0 spiro atoms. The lowest BCUT2D eigenvalue weighted by molar-refractivity contribution is 1.50. The topological polar surface area (TPSA) is 23.9 Å². The first-order valence-corrected chi connectivity index (χ1v) is 2.62. The summed E-state index contributed by atoms with van der Waals surface area (Å²) in [5.74, 6) is 0. The van der Waals surface area contributed by atoms with Crippen LogP contribution in [0.4, 0.5) is 0 Å². The van der Waals surface area contributed by atoms with E-state index in [1.54, 1.807) is 13.0 Å². The molecule has 0 aromatic rings. The Morgan fingerprint density at radius 3 is 2.38 bits per heavy atom. The predicted octanol–water partition coefficient (Wildman–Crippen LogP) is 2.16. The number of hydrogen-bond acceptors (Lipinski definition) is 1. The Morgan fingerprint density at radius 1 is 1.38 bits per heavy atom. The summed E-state index contributed by atoms with van der Waals surface area (Å²) in [5, 5.41) is 6.95. The van der Waals surface area contributed by atoms with Crippen molar-refractivity contribution < 1.29 is 0 Å². The fourth-order valence-electron chi connectivity index (χ4n) is 0.311. The van der Waals surface area contributed by atoms with Crippen LogP contribution in [0.2, 0.25) is 0 Å². The summed E-state index contributed by atoms with van der Waals surface area (Å²) < 4.78 is 0. The van der Waals surface area contributed by atoms with Gasteiger partial charge in [0.2, 0.25) is 0 Å². The van der Waals surface area contributed by atoms with E-state index in [-0.39, 0.29) is 0 Å². The molecule has 0 fully saturated rings. The van der Waals surface area contributed by atoms with Crippen LogP contribution in [0, 0.1) is 5.41 Å². The maximum Gasteiger partial charge on any atom is 0.0282 e. The fraction of sp³-hybridized carbons (Fsp3) is 0.286. The Hall–Kier alpha value is -0.850. The highest BCUT2D eigenvalue weighted by Gasteiger charge is 1.69. The highest BCUT2D eigenvalue weighted by Crippen LogP contribution is 1.77. The summed E-state index contributed by atoms with van der Waals surface area (Å²) >= 11 is 0. The lowest BCUT2D eigenvalue weighted by Gasteiger charge is -1.76. The van der Waals surface area contributed by atoms with Gasteiger partial charge >= 0.3 is 0 Å². The summed E-state index contributed by atoms with van der Waals surface area (Å²) in [4.78, 5) is 0. The molecule has 0 bridgehead atoms. The highest BCUT2D eigenvalue weighted by atomic mass is 14.4. The van der Waals surface area contributed by atoms with E-state index >= 15 is 0 Å². The van der Waals surface area contributed by atoms with Crippen LogP contribution >= 0.6 is 0 Å². The highest BCUT2D eigenvalue weighted by molar-refractivity contribution is 5.90. The average Bonchev–Trinajstić information content (AvgIpc) is 1.66. The lowest BCUT2D eigenvalue weighted by atomic mass is 10.3. The third kappa shape index (κ3) is 5.15. The average molecular weight is 109 g/mol. The monoisotopic (exact) mass is 109 g/mol. The van der Waals surface area contributed by atoms with E-state index in [4.69, 9.17) is 5.41 Å². The Morgan fingerprint density at radius 2 is 2.00 bits per heavy atom. The van der Waals surface area contributed by atoms with Crippen molar-refractivity contribution in [2.75, 3.05) is 0 Å². The van der Waals surface area contributed by atoms with Gasteiger partial charge in [0.05, 0.1) is 0 Å². The Labute approximate surface area is 50.2 Å². The third-order valence-electron chi connectivity index (χ3n) is 0.650. The number of nitrogens with one attached hydrogen (secondary N) is 1. The zero-order valence-electron chi connectivity index (χ0n) is 5.31. The van der Waals surface area contributed by atoms with Crippen LogP contribution in [0.5, 0.6) is 0 Å². The van der Waals surface area contributed by atoms with Gasteiger partial charge in [-0.05, 0) is 19.9 Å². The van der Waals surface area contributed by atoms with Gasteiger partial charge in [-0.3, -0.25) is 0 Å². The van der Waals surface area contributed by atoms with E-state index in [9.17, 15) is 0 Å². The maximum atomic E-state index is 6.95. The quantitative estimate of drug-likeness (QED) is 0.415. The van der Waals surface area contributed by atoms with Gasteiger partial charge in [0, 0.05) is 5.71 Å². The second kappa shape index (κ2) is 4.31. The molecule has 0 saturated heterocycles. The Bertz CT molecular complexity index is 120. The minimum absolute atomic E-state index is 0.586. The van der Waals surface area contributed by atoms with E-state index in [1.807, 2.05) is 25.2 Å². The van der Waals surface area contributed by atoms with Crippen molar-refractivity contribution in [3.8, 4) is 0 Å². The van der Waals surface area contributed by atoms with E-state index in [1.165, 1.54) is 0 Å². The van der Waals surface area contributed by atoms with Crippen molar-refractivity contribution >= 4 is 5.71 Å². The summed E-state index contributed by atoms with van der Waals surface area (Å²) in [5.41, 5.74) is 0.586. The molecule has 0 aliphatic carbocycles. The van der Waals surface area contributed by atoms with Crippen LogP contribution in [-0.4, -0.2) is 5.71 Å². The summed E-state index contributed by atoms with van der Waals surface area (Å²) in [6, 6.07) is 0. The molecule has 0 radical (unpaired) electrons. The second-order valence-electron chi connectivity index (χ2n) is 1.57. The molecule has 0 aromatic heterocycles. The summed E-state index contributed by atoms with van der Waals surface area (Å²) in [6.07, 6.45) is 7.43. The minimum atomic E-state index is 0.586. The molecular weight excluding hydrogens is 98.1 g/mol.